The molecule has 0 radical (unpaired) electrons. The van der Waals surface area contributed by atoms with Gasteiger partial charge in [0.25, 0.3) is 5.71 Å². The van der Waals surface area contributed by atoms with E-state index in [1.807, 2.05) is 37.1 Å². The number of ether oxygens (including phenoxy) is 2. The lowest BCUT2D eigenvalue weighted by Crippen LogP contribution is -2.15. The molecular weight excluding hydrogens is 336 g/mol. The van der Waals surface area contributed by atoms with Crippen LogP contribution in [0, 0.1) is 13.8 Å². The Labute approximate surface area is 150 Å². The van der Waals surface area contributed by atoms with Gasteiger partial charge in [-0.05, 0) is 38.5 Å². The standard InChI is InChI=1S/C18H20N4O4/c1-6-25-18(23)15-14-16(19-11(3)20-17(14)26-21-15)22(4)12-9-10(2)7-8-13(12)24-5/h7-9H,6H2,1-5H3. The molecule has 3 aromatic rings. The summed E-state index contributed by atoms with van der Waals surface area (Å²) in [5, 5.41) is 4.24. The second-order valence-corrected chi connectivity index (χ2v) is 5.76. The topological polar surface area (TPSA) is 90.6 Å². The van der Waals surface area contributed by atoms with Crippen molar-refractivity contribution in [2.45, 2.75) is 20.8 Å². The van der Waals surface area contributed by atoms with Crippen molar-refractivity contribution in [2.24, 2.45) is 0 Å². The molecule has 0 unspecified atom stereocenters. The number of aromatic nitrogens is 3. The van der Waals surface area contributed by atoms with E-state index in [4.69, 9.17) is 14.0 Å². The Hall–Kier alpha value is -3.16. The maximum atomic E-state index is 12.2. The van der Waals surface area contributed by atoms with Crippen LogP contribution in [0.4, 0.5) is 11.5 Å². The van der Waals surface area contributed by atoms with Gasteiger partial charge in [-0.3, -0.25) is 0 Å². The first-order valence-corrected chi connectivity index (χ1v) is 8.15. The minimum absolute atomic E-state index is 0.0512. The van der Waals surface area contributed by atoms with Crippen molar-refractivity contribution >= 4 is 28.6 Å². The molecule has 8 nitrogen and oxygen atoms in total. The molecule has 0 aliphatic heterocycles. The fraction of sp³-hybridized carbons (Fsp3) is 0.333. The van der Waals surface area contributed by atoms with E-state index in [1.165, 1.54) is 0 Å². The molecule has 1 aromatic carbocycles. The van der Waals surface area contributed by atoms with E-state index >= 15 is 0 Å². The van der Waals surface area contributed by atoms with Crippen LogP contribution in [0.5, 0.6) is 5.75 Å². The highest BCUT2D eigenvalue weighted by Gasteiger charge is 2.26. The third-order valence-corrected chi connectivity index (χ3v) is 3.91. The summed E-state index contributed by atoms with van der Waals surface area (Å²) in [7, 11) is 3.44. The number of esters is 1. The Morgan fingerprint density at radius 3 is 2.73 bits per heavy atom. The van der Waals surface area contributed by atoms with Gasteiger partial charge in [0.1, 0.15) is 17.0 Å². The molecule has 2 heterocycles. The second-order valence-electron chi connectivity index (χ2n) is 5.76. The number of methoxy groups -OCH3 is 1. The monoisotopic (exact) mass is 356 g/mol. The van der Waals surface area contributed by atoms with Gasteiger partial charge in [0, 0.05) is 7.05 Å². The lowest BCUT2D eigenvalue weighted by atomic mass is 10.2. The molecule has 0 saturated heterocycles. The summed E-state index contributed by atoms with van der Waals surface area (Å²) in [5.41, 5.74) is 2.14. The molecule has 3 rings (SSSR count). The van der Waals surface area contributed by atoms with Crippen molar-refractivity contribution < 1.29 is 18.8 Å². The largest absolute Gasteiger partial charge is 0.495 e. The van der Waals surface area contributed by atoms with Crippen LogP contribution in [0.2, 0.25) is 0 Å². The smallest absolute Gasteiger partial charge is 0.361 e. The average Bonchev–Trinajstić information content (AvgIpc) is 3.04. The number of carbonyl (C=O) groups is 1. The lowest BCUT2D eigenvalue weighted by molar-refractivity contribution is 0.0517. The van der Waals surface area contributed by atoms with E-state index in [0.29, 0.717) is 22.8 Å². The van der Waals surface area contributed by atoms with Crippen LogP contribution in [0.3, 0.4) is 0 Å². The predicted octanol–water partition coefficient (Wildman–Crippen LogP) is 3.19. The Morgan fingerprint density at radius 2 is 2.04 bits per heavy atom. The van der Waals surface area contributed by atoms with Crippen LogP contribution in [0.1, 0.15) is 28.8 Å². The van der Waals surface area contributed by atoms with Crippen LogP contribution < -0.4 is 9.64 Å². The number of hydrogen-bond donors (Lipinski definition) is 0. The Morgan fingerprint density at radius 1 is 1.27 bits per heavy atom. The van der Waals surface area contributed by atoms with Crippen molar-refractivity contribution in [1.29, 1.82) is 0 Å². The van der Waals surface area contributed by atoms with Crippen LogP contribution in [-0.4, -0.2) is 41.9 Å². The van der Waals surface area contributed by atoms with Gasteiger partial charge in [-0.25, -0.2) is 9.78 Å². The highest BCUT2D eigenvalue weighted by Crippen LogP contribution is 2.36. The van der Waals surface area contributed by atoms with Crippen molar-refractivity contribution in [3.05, 3.63) is 35.3 Å². The van der Waals surface area contributed by atoms with Crippen molar-refractivity contribution in [3.63, 3.8) is 0 Å². The zero-order valence-corrected chi connectivity index (χ0v) is 15.4. The molecule has 8 heteroatoms. The summed E-state index contributed by atoms with van der Waals surface area (Å²) < 4.78 is 15.8. The van der Waals surface area contributed by atoms with Crippen LogP contribution in [0.25, 0.3) is 11.1 Å². The first kappa shape index (κ1) is 17.7. The number of nitrogens with zero attached hydrogens (tertiary/aromatic N) is 4. The average molecular weight is 356 g/mol. The number of rotatable bonds is 5. The number of anilines is 2. The molecule has 0 aliphatic rings. The number of aryl methyl sites for hydroxylation is 2. The van der Waals surface area contributed by atoms with Gasteiger partial charge >= 0.3 is 5.97 Å². The van der Waals surface area contributed by atoms with Gasteiger partial charge in [-0.2, -0.15) is 4.98 Å². The normalized spacial score (nSPS) is 10.8. The summed E-state index contributed by atoms with van der Waals surface area (Å²) >= 11 is 0. The highest BCUT2D eigenvalue weighted by atomic mass is 16.5. The van der Waals surface area contributed by atoms with Crippen molar-refractivity contribution in [1.82, 2.24) is 15.1 Å². The minimum Gasteiger partial charge on any atom is -0.495 e. The van der Waals surface area contributed by atoms with E-state index in [-0.39, 0.29) is 18.0 Å². The molecule has 0 saturated carbocycles. The van der Waals surface area contributed by atoms with E-state index in [1.54, 1.807) is 21.0 Å². The Balaban J connectivity index is 2.22. The van der Waals surface area contributed by atoms with Gasteiger partial charge in [0.2, 0.25) is 5.69 Å². The lowest BCUT2D eigenvalue weighted by Gasteiger charge is -2.22. The minimum atomic E-state index is -0.579. The van der Waals surface area contributed by atoms with Gasteiger partial charge in [0.05, 0.1) is 19.4 Å². The quantitative estimate of drug-likeness (QED) is 0.644. The van der Waals surface area contributed by atoms with Gasteiger partial charge in [0.15, 0.2) is 5.82 Å². The molecule has 0 spiro atoms. The maximum Gasteiger partial charge on any atom is 0.361 e. The van der Waals surface area contributed by atoms with E-state index in [9.17, 15) is 4.79 Å². The first-order chi connectivity index (χ1) is 12.5. The highest BCUT2D eigenvalue weighted by molar-refractivity contribution is 6.05. The molecule has 2 aromatic heterocycles. The van der Waals surface area contributed by atoms with Gasteiger partial charge in [-0.15, -0.1) is 0 Å². The van der Waals surface area contributed by atoms with Crippen molar-refractivity contribution in [3.8, 4) is 5.75 Å². The summed E-state index contributed by atoms with van der Waals surface area (Å²) in [4.78, 5) is 22.8. The second kappa shape index (κ2) is 6.99. The van der Waals surface area contributed by atoms with Crippen LogP contribution in [-0.2, 0) is 4.74 Å². The molecule has 0 atom stereocenters. The SMILES string of the molecule is CCOC(=O)c1noc2nc(C)nc(N(C)c3cc(C)ccc3OC)c12. The molecule has 0 N–H and O–H groups in total. The van der Waals surface area contributed by atoms with E-state index < -0.39 is 5.97 Å². The molecule has 26 heavy (non-hydrogen) atoms. The van der Waals surface area contributed by atoms with Crippen LogP contribution in [0.15, 0.2) is 22.7 Å². The first-order valence-electron chi connectivity index (χ1n) is 8.15. The van der Waals surface area contributed by atoms with Crippen molar-refractivity contribution in [2.75, 3.05) is 25.7 Å². The fourth-order valence-corrected chi connectivity index (χ4v) is 2.70. The molecule has 0 bridgehead atoms. The number of hydrogen-bond acceptors (Lipinski definition) is 8. The summed E-state index contributed by atoms with van der Waals surface area (Å²) in [6, 6.07) is 5.81. The molecule has 0 aliphatic carbocycles. The number of carbonyl (C=O) groups excluding carboxylic acids is 1. The van der Waals surface area contributed by atoms with Gasteiger partial charge in [-0.1, -0.05) is 11.2 Å². The third kappa shape index (κ3) is 3.05. The fourth-order valence-electron chi connectivity index (χ4n) is 2.70. The molecule has 136 valence electrons. The van der Waals surface area contributed by atoms with Gasteiger partial charge < -0.3 is 18.9 Å². The number of benzene rings is 1. The third-order valence-electron chi connectivity index (χ3n) is 3.91. The molecule has 0 amide bonds. The van der Waals surface area contributed by atoms with E-state index in [0.717, 1.165) is 11.3 Å². The Bertz CT molecular complexity index is 967. The summed E-state index contributed by atoms with van der Waals surface area (Å²) in [5.74, 6) is 1.08. The summed E-state index contributed by atoms with van der Waals surface area (Å²) in [6.07, 6.45) is 0. The molecular formula is C18H20N4O4. The number of fused-ring (bicyclic) bond motifs is 1. The Kier molecular flexibility index (Phi) is 4.75. The predicted molar refractivity (Wildman–Crippen MR) is 96.1 cm³/mol. The summed E-state index contributed by atoms with van der Waals surface area (Å²) in [6.45, 7) is 5.69. The zero-order chi connectivity index (χ0) is 18.8. The van der Waals surface area contributed by atoms with Crippen LogP contribution >= 0.6 is 0 Å². The zero-order valence-electron chi connectivity index (χ0n) is 15.4. The molecule has 0 fully saturated rings. The van der Waals surface area contributed by atoms with E-state index in [2.05, 4.69) is 15.1 Å². The maximum absolute atomic E-state index is 12.2.